The molecule has 0 radical (unpaired) electrons. The van der Waals surface area contributed by atoms with Crippen LogP contribution in [-0.4, -0.2) is 41.3 Å². The Labute approximate surface area is 157 Å². The van der Waals surface area contributed by atoms with Crippen molar-refractivity contribution >= 4 is 11.8 Å². The highest BCUT2D eigenvalue weighted by atomic mass is 16.5. The van der Waals surface area contributed by atoms with Gasteiger partial charge >= 0.3 is 5.97 Å². The van der Waals surface area contributed by atoms with Crippen LogP contribution in [0.2, 0.25) is 0 Å². The molecule has 26 heavy (non-hydrogen) atoms. The maximum absolute atomic E-state index is 12.1. The Balaban J connectivity index is 2.46. The van der Waals surface area contributed by atoms with E-state index in [9.17, 15) is 19.8 Å². The second-order valence-electron chi connectivity index (χ2n) is 7.05. The van der Waals surface area contributed by atoms with Crippen LogP contribution >= 0.6 is 0 Å². The zero-order chi connectivity index (χ0) is 19.4. The maximum Gasteiger partial charge on any atom is 0.305 e. The zero-order valence-electron chi connectivity index (χ0n) is 16.1. The van der Waals surface area contributed by atoms with Crippen LogP contribution in [0.1, 0.15) is 64.7 Å². The van der Waals surface area contributed by atoms with Crippen LogP contribution in [0.5, 0.6) is 0 Å². The Morgan fingerprint density at radius 2 is 2.08 bits per heavy atom. The van der Waals surface area contributed by atoms with E-state index in [0.29, 0.717) is 19.3 Å². The van der Waals surface area contributed by atoms with E-state index in [1.807, 2.05) is 18.2 Å². The molecular formula is C21H34O5. The van der Waals surface area contributed by atoms with E-state index in [2.05, 4.69) is 11.7 Å². The molecule has 0 aromatic heterocycles. The number of Topliss-reactive ketones (excluding diaryl/α,β-unsaturated/α-hetero) is 1. The average molecular weight is 366 g/mol. The van der Waals surface area contributed by atoms with Gasteiger partial charge in [0.05, 0.1) is 19.3 Å². The normalized spacial score (nSPS) is 24.6. The van der Waals surface area contributed by atoms with Gasteiger partial charge in [-0.1, -0.05) is 50.5 Å². The number of allylic oxidation sites excluding steroid dienone is 2. The van der Waals surface area contributed by atoms with E-state index in [1.54, 1.807) is 6.08 Å². The zero-order valence-corrected chi connectivity index (χ0v) is 16.1. The molecular weight excluding hydrogens is 332 g/mol. The highest BCUT2D eigenvalue weighted by Gasteiger charge is 2.39. The smallest absolute Gasteiger partial charge is 0.305 e. The lowest BCUT2D eigenvalue weighted by Crippen LogP contribution is -2.18. The lowest BCUT2D eigenvalue weighted by molar-refractivity contribution is -0.140. The number of aliphatic hydroxyl groups excluding tert-OH is 2. The molecule has 0 aromatic rings. The Morgan fingerprint density at radius 1 is 1.31 bits per heavy atom. The summed E-state index contributed by atoms with van der Waals surface area (Å²) in [4.78, 5) is 23.2. The Hall–Kier alpha value is -1.46. The number of ether oxygens (including phenoxy) is 1. The van der Waals surface area contributed by atoms with Crippen LogP contribution in [0.4, 0.5) is 0 Å². The van der Waals surface area contributed by atoms with Crippen LogP contribution in [-0.2, 0) is 14.3 Å². The number of aliphatic hydroxyl groups is 2. The Bertz CT molecular complexity index is 483. The lowest BCUT2D eigenvalue weighted by atomic mass is 9.90. The van der Waals surface area contributed by atoms with Gasteiger partial charge in [-0.25, -0.2) is 0 Å². The van der Waals surface area contributed by atoms with Gasteiger partial charge in [0.15, 0.2) is 0 Å². The molecule has 0 aromatic carbocycles. The minimum absolute atomic E-state index is 0.0758. The SMILES string of the molecule is CCCCC[C@@H](O)/C=C/[C@@H]1[C@H](O)CC(=O)[C@@H]1C/C=C\CCCC(=O)OC. The topological polar surface area (TPSA) is 83.8 Å². The van der Waals surface area contributed by atoms with E-state index >= 15 is 0 Å². The molecule has 1 aliphatic carbocycles. The molecule has 0 bridgehead atoms. The minimum atomic E-state index is -0.667. The van der Waals surface area contributed by atoms with Gasteiger partial charge in [-0.3, -0.25) is 9.59 Å². The van der Waals surface area contributed by atoms with Crippen LogP contribution in [0.15, 0.2) is 24.3 Å². The van der Waals surface area contributed by atoms with E-state index in [-0.39, 0.29) is 30.0 Å². The van der Waals surface area contributed by atoms with Crippen molar-refractivity contribution in [1.82, 2.24) is 0 Å². The average Bonchev–Trinajstić information content (AvgIpc) is 2.89. The number of hydrogen-bond acceptors (Lipinski definition) is 5. The van der Waals surface area contributed by atoms with Gasteiger partial charge in [0.1, 0.15) is 5.78 Å². The number of ketones is 1. The molecule has 1 fully saturated rings. The van der Waals surface area contributed by atoms with Crippen molar-refractivity contribution in [2.24, 2.45) is 11.8 Å². The molecule has 1 saturated carbocycles. The van der Waals surface area contributed by atoms with Crippen molar-refractivity contribution in [3.05, 3.63) is 24.3 Å². The fourth-order valence-electron chi connectivity index (χ4n) is 3.31. The van der Waals surface area contributed by atoms with E-state index < -0.39 is 12.2 Å². The molecule has 0 spiro atoms. The monoisotopic (exact) mass is 366 g/mol. The molecule has 0 unspecified atom stereocenters. The molecule has 0 aliphatic heterocycles. The van der Waals surface area contributed by atoms with Crippen molar-refractivity contribution in [3.8, 4) is 0 Å². The number of esters is 1. The molecule has 1 aliphatic rings. The summed E-state index contributed by atoms with van der Waals surface area (Å²) in [6.45, 7) is 2.12. The first kappa shape index (κ1) is 22.6. The third-order valence-corrected chi connectivity index (χ3v) is 4.93. The lowest BCUT2D eigenvalue weighted by Gasteiger charge is -2.16. The number of hydrogen-bond donors (Lipinski definition) is 2. The molecule has 2 N–H and O–H groups in total. The second-order valence-corrected chi connectivity index (χ2v) is 7.05. The van der Waals surface area contributed by atoms with Gasteiger partial charge in [-0.05, 0) is 25.7 Å². The molecule has 4 atom stereocenters. The van der Waals surface area contributed by atoms with Gasteiger partial charge < -0.3 is 14.9 Å². The Kier molecular flexibility index (Phi) is 11.1. The summed E-state index contributed by atoms with van der Waals surface area (Å²) in [5.74, 6) is -0.606. The van der Waals surface area contributed by atoms with Crippen molar-refractivity contribution in [2.45, 2.75) is 76.9 Å². The summed E-state index contributed by atoms with van der Waals surface area (Å²) in [6.07, 6.45) is 12.8. The van der Waals surface area contributed by atoms with Crippen LogP contribution in [0.3, 0.4) is 0 Å². The highest BCUT2D eigenvalue weighted by molar-refractivity contribution is 5.84. The van der Waals surface area contributed by atoms with Gasteiger partial charge in [0.25, 0.3) is 0 Å². The third-order valence-electron chi connectivity index (χ3n) is 4.93. The van der Waals surface area contributed by atoms with Gasteiger partial charge in [0.2, 0.25) is 0 Å². The van der Waals surface area contributed by atoms with Gasteiger partial charge in [0, 0.05) is 24.7 Å². The van der Waals surface area contributed by atoms with E-state index in [1.165, 1.54) is 7.11 Å². The van der Waals surface area contributed by atoms with Crippen molar-refractivity contribution in [3.63, 3.8) is 0 Å². The van der Waals surface area contributed by atoms with Crippen molar-refractivity contribution < 1.29 is 24.5 Å². The molecule has 148 valence electrons. The summed E-state index contributed by atoms with van der Waals surface area (Å²) >= 11 is 0. The predicted molar refractivity (Wildman–Crippen MR) is 102 cm³/mol. The maximum atomic E-state index is 12.1. The first-order chi connectivity index (χ1) is 12.5. The third kappa shape index (κ3) is 8.28. The Morgan fingerprint density at radius 3 is 2.77 bits per heavy atom. The van der Waals surface area contributed by atoms with Crippen molar-refractivity contribution in [1.29, 1.82) is 0 Å². The molecule has 0 amide bonds. The van der Waals surface area contributed by atoms with Crippen LogP contribution < -0.4 is 0 Å². The standard InChI is InChI=1S/C21H34O5/c1-3-4-7-10-16(22)13-14-18-17(19(23)15-20(18)24)11-8-5-6-9-12-21(25)26-2/h5,8,13-14,16-18,20,22,24H,3-4,6-7,9-12,15H2,1-2H3/b8-5-,14-13+/t16-,17-,18+,20-/m1/s1. The summed E-state index contributed by atoms with van der Waals surface area (Å²) < 4.78 is 4.59. The van der Waals surface area contributed by atoms with Crippen LogP contribution in [0.25, 0.3) is 0 Å². The molecule has 0 saturated heterocycles. The number of carbonyl (C=O) groups is 2. The van der Waals surface area contributed by atoms with Gasteiger partial charge in [-0.15, -0.1) is 0 Å². The van der Waals surface area contributed by atoms with Crippen LogP contribution in [0, 0.1) is 11.8 Å². The second kappa shape index (κ2) is 12.8. The van der Waals surface area contributed by atoms with Gasteiger partial charge in [-0.2, -0.15) is 0 Å². The summed E-state index contributed by atoms with van der Waals surface area (Å²) in [5, 5.41) is 20.2. The first-order valence-corrected chi connectivity index (χ1v) is 9.78. The minimum Gasteiger partial charge on any atom is -0.469 e. The highest BCUT2D eigenvalue weighted by Crippen LogP contribution is 2.33. The summed E-state index contributed by atoms with van der Waals surface area (Å²) in [5.41, 5.74) is 0. The summed E-state index contributed by atoms with van der Waals surface area (Å²) in [7, 11) is 1.38. The molecule has 5 heteroatoms. The van der Waals surface area contributed by atoms with E-state index in [4.69, 9.17) is 0 Å². The molecule has 5 nitrogen and oxygen atoms in total. The quantitative estimate of drug-likeness (QED) is 0.314. The number of methoxy groups -OCH3 is 1. The van der Waals surface area contributed by atoms with Crippen molar-refractivity contribution in [2.75, 3.05) is 7.11 Å². The number of unbranched alkanes of at least 4 members (excludes halogenated alkanes) is 3. The fourth-order valence-corrected chi connectivity index (χ4v) is 3.31. The number of carbonyl (C=O) groups excluding carboxylic acids is 2. The first-order valence-electron chi connectivity index (χ1n) is 9.78. The predicted octanol–water partition coefficient (Wildman–Crippen LogP) is 3.34. The fraction of sp³-hybridized carbons (Fsp3) is 0.714. The molecule has 0 heterocycles. The summed E-state index contributed by atoms with van der Waals surface area (Å²) in [6, 6.07) is 0. The molecule has 1 rings (SSSR count). The number of rotatable bonds is 12. The largest absolute Gasteiger partial charge is 0.469 e. The van der Waals surface area contributed by atoms with E-state index in [0.717, 1.165) is 32.1 Å².